The molecule has 1 fully saturated rings. The molecule has 1 atom stereocenters. The monoisotopic (exact) mass is 315 g/mol. The molecule has 0 spiro atoms. The number of para-hydroxylation sites is 2. The van der Waals surface area contributed by atoms with Crippen LogP contribution in [0.4, 0.5) is 4.79 Å². The lowest BCUT2D eigenvalue weighted by Crippen LogP contribution is -2.38. The molecule has 1 aliphatic heterocycles. The fraction of sp³-hybridized carbons (Fsp3) is 0.333. The minimum atomic E-state index is -0.786. The predicted octanol–water partition coefficient (Wildman–Crippen LogP) is 0.0928. The van der Waals surface area contributed by atoms with Gasteiger partial charge in [-0.1, -0.05) is 12.1 Å². The quantitative estimate of drug-likeness (QED) is 0.765. The lowest BCUT2D eigenvalue weighted by Gasteiger charge is -2.19. The molecule has 1 saturated heterocycles. The summed E-state index contributed by atoms with van der Waals surface area (Å²) in [5.74, 6) is -0.658. The van der Waals surface area contributed by atoms with Crippen molar-refractivity contribution in [2.45, 2.75) is 19.0 Å². The van der Waals surface area contributed by atoms with Gasteiger partial charge in [-0.2, -0.15) is 0 Å². The molecule has 0 aliphatic carbocycles. The van der Waals surface area contributed by atoms with Gasteiger partial charge in [-0.25, -0.2) is 9.78 Å². The van der Waals surface area contributed by atoms with Crippen molar-refractivity contribution in [2.75, 3.05) is 13.6 Å². The van der Waals surface area contributed by atoms with Gasteiger partial charge in [-0.3, -0.25) is 14.9 Å². The smallest absolute Gasteiger partial charge is 0.322 e. The number of hydrogen-bond donors (Lipinski definition) is 2. The molecule has 8 heteroatoms. The molecule has 1 unspecified atom stereocenters. The molecule has 23 heavy (non-hydrogen) atoms. The maximum Gasteiger partial charge on any atom is 0.322 e. The van der Waals surface area contributed by atoms with Crippen LogP contribution in [0.2, 0.25) is 0 Å². The van der Waals surface area contributed by atoms with E-state index in [1.165, 1.54) is 0 Å². The van der Waals surface area contributed by atoms with Crippen molar-refractivity contribution >= 4 is 28.9 Å². The number of carbonyl (C=O) groups is 3. The minimum Gasteiger partial charge on any atom is -0.344 e. The van der Waals surface area contributed by atoms with E-state index in [0.717, 1.165) is 11.0 Å². The zero-order valence-corrected chi connectivity index (χ0v) is 12.7. The maximum atomic E-state index is 12.1. The molecule has 0 radical (unpaired) electrons. The third-order valence-corrected chi connectivity index (χ3v) is 3.87. The number of hydrogen-bond acceptors (Lipinski definition) is 4. The normalized spacial score (nSPS) is 17.2. The Morgan fingerprint density at radius 2 is 2.13 bits per heavy atom. The Morgan fingerprint density at radius 1 is 1.35 bits per heavy atom. The van der Waals surface area contributed by atoms with Crippen LogP contribution in [-0.2, 0) is 16.1 Å². The molecule has 8 nitrogen and oxygen atoms in total. The number of aromatic nitrogens is 2. The number of fused-ring (bicyclic) bond motifs is 1. The van der Waals surface area contributed by atoms with Crippen LogP contribution in [0.25, 0.3) is 11.0 Å². The zero-order chi connectivity index (χ0) is 16.4. The van der Waals surface area contributed by atoms with Crippen molar-refractivity contribution < 1.29 is 14.4 Å². The van der Waals surface area contributed by atoms with Crippen LogP contribution in [0.1, 0.15) is 6.42 Å². The number of imidazole rings is 1. The van der Waals surface area contributed by atoms with Gasteiger partial charge in [0.25, 0.3) is 5.91 Å². The third-order valence-electron chi connectivity index (χ3n) is 3.87. The Labute approximate surface area is 132 Å². The van der Waals surface area contributed by atoms with E-state index in [0.29, 0.717) is 13.1 Å². The summed E-state index contributed by atoms with van der Waals surface area (Å²) in [6, 6.07) is 6.43. The predicted molar refractivity (Wildman–Crippen MR) is 82.4 cm³/mol. The summed E-state index contributed by atoms with van der Waals surface area (Å²) in [7, 11) is 1.68. The van der Waals surface area contributed by atoms with E-state index in [9.17, 15) is 14.4 Å². The highest BCUT2D eigenvalue weighted by Gasteiger charge is 2.31. The highest BCUT2D eigenvalue weighted by molar-refractivity contribution is 6.05. The first-order valence-corrected chi connectivity index (χ1v) is 7.30. The fourth-order valence-corrected chi connectivity index (χ4v) is 2.50. The van der Waals surface area contributed by atoms with E-state index in [1.807, 2.05) is 28.8 Å². The summed E-state index contributed by atoms with van der Waals surface area (Å²) >= 11 is 0. The molecule has 3 rings (SSSR count). The van der Waals surface area contributed by atoms with Gasteiger partial charge in [-0.15, -0.1) is 0 Å². The number of nitrogens with one attached hydrogen (secondary N) is 2. The summed E-state index contributed by atoms with van der Waals surface area (Å²) in [4.78, 5) is 40.5. The van der Waals surface area contributed by atoms with E-state index in [4.69, 9.17) is 0 Å². The summed E-state index contributed by atoms with van der Waals surface area (Å²) in [6.45, 7) is 1.09. The summed E-state index contributed by atoms with van der Waals surface area (Å²) in [5.41, 5.74) is 1.92. The second-order valence-electron chi connectivity index (χ2n) is 5.46. The largest absolute Gasteiger partial charge is 0.344 e. The van der Waals surface area contributed by atoms with Crippen molar-refractivity contribution in [3.8, 4) is 0 Å². The second-order valence-corrected chi connectivity index (χ2v) is 5.46. The molecule has 0 bridgehead atoms. The molecule has 1 aliphatic rings. The first-order valence-electron chi connectivity index (χ1n) is 7.30. The van der Waals surface area contributed by atoms with Gasteiger partial charge < -0.3 is 14.8 Å². The third kappa shape index (κ3) is 3.15. The van der Waals surface area contributed by atoms with E-state index >= 15 is 0 Å². The molecule has 1 aromatic heterocycles. The lowest BCUT2D eigenvalue weighted by atomic mass is 10.2. The molecule has 2 heterocycles. The van der Waals surface area contributed by atoms with Gasteiger partial charge in [0.1, 0.15) is 6.04 Å². The molecule has 0 saturated carbocycles. The number of carbonyl (C=O) groups excluding carboxylic acids is 3. The topological polar surface area (TPSA) is 96.3 Å². The standard InChI is InChI=1S/C15H17N5O3/c1-19(13(21)8-11-14(22)18-15(23)17-11)6-7-20-9-16-10-4-2-3-5-12(10)20/h2-5,9,11H,6-8H2,1H3,(H2,17,18,22,23). The summed E-state index contributed by atoms with van der Waals surface area (Å²) < 4.78 is 1.98. The van der Waals surface area contributed by atoms with Crippen LogP contribution in [-0.4, -0.2) is 51.9 Å². The van der Waals surface area contributed by atoms with Crippen LogP contribution in [0, 0.1) is 0 Å². The number of rotatable bonds is 5. The lowest BCUT2D eigenvalue weighted by molar-refractivity contribution is -0.132. The molecule has 1 aromatic carbocycles. The average molecular weight is 315 g/mol. The molecule has 120 valence electrons. The number of urea groups is 1. The highest BCUT2D eigenvalue weighted by Crippen LogP contribution is 2.11. The maximum absolute atomic E-state index is 12.1. The Kier molecular flexibility index (Phi) is 3.96. The number of nitrogens with zero attached hydrogens (tertiary/aromatic N) is 3. The summed E-state index contributed by atoms with van der Waals surface area (Å²) in [5, 5.41) is 4.53. The van der Waals surface area contributed by atoms with Gasteiger partial charge in [0.05, 0.1) is 23.8 Å². The second kappa shape index (κ2) is 6.07. The van der Waals surface area contributed by atoms with Gasteiger partial charge in [0.15, 0.2) is 0 Å². The van der Waals surface area contributed by atoms with Gasteiger partial charge >= 0.3 is 6.03 Å². The van der Waals surface area contributed by atoms with Gasteiger partial charge in [0.2, 0.25) is 5.91 Å². The van der Waals surface area contributed by atoms with Crippen LogP contribution < -0.4 is 10.6 Å². The number of likely N-dealkylation sites (N-methyl/N-ethyl adjacent to an activating group) is 1. The fourth-order valence-electron chi connectivity index (χ4n) is 2.50. The Bertz CT molecular complexity index is 769. The Morgan fingerprint density at radius 3 is 2.87 bits per heavy atom. The van der Waals surface area contributed by atoms with Crippen molar-refractivity contribution in [2.24, 2.45) is 0 Å². The first kappa shape index (κ1) is 15.0. The molecule has 4 amide bonds. The first-order chi connectivity index (χ1) is 11.0. The van der Waals surface area contributed by atoms with Gasteiger partial charge in [-0.05, 0) is 12.1 Å². The van der Waals surface area contributed by atoms with E-state index in [-0.39, 0.29) is 12.3 Å². The van der Waals surface area contributed by atoms with Crippen LogP contribution in [0.15, 0.2) is 30.6 Å². The number of amides is 4. The van der Waals surface area contributed by atoms with E-state index in [2.05, 4.69) is 15.6 Å². The van der Waals surface area contributed by atoms with E-state index in [1.54, 1.807) is 18.3 Å². The van der Waals surface area contributed by atoms with E-state index < -0.39 is 18.0 Å². The average Bonchev–Trinajstić information content (AvgIpc) is 3.08. The van der Waals surface area contributed by atoms with Crippen LogP contribution >= 0.6 is 0 Å². The van der Waals surface area contributed by atoms with Gasteiger partial charge in [0, 0.05) is 20.1 Å². The SMILES string of the molecule is CN(CCn1cnc2ccccc21)C(=O)CC1NC(=O)NC1=O. The van der Waals surface area contributed by atoms with Crippen molar-refractivity contribution in [1.82, 2.24) is 25.1 Å². The number of benzene rings is 1. The molecular weight excluding hydrogens is 298 g/mol. The summed E-state index contributed by atoms with van der Waals surface area (Å²) in [6.07, 6.45) is 1.70. The highest BCUT2D eigenvalue weighted by atomic mass is 16.2. The van der Waals surface area contributed by atoms with Crippen molar-refractivity contribution in [3.63, 3.8) is 0 Å². The van der Waals surface area contributed by atoms with Crippen molar-refractivity contribution in [3.05, 3.63) is 30.6 Å². The zero-order valence-electron chi connectivity index (χ0n) is 12.7. The molecular formula is C15H17N5O3. The Balaban J connectivity index is 1.56. The van der Waals surface area contributed by atoms with Crippen LogP contribution in [0.3, 0.4) is 0 Å². The minimum absolute atomic E-state index is 0.0429. The number of imide groups is 1. The van der Waals surface area contributed by atoms with Crippen molar-refractivity contribution in [1.29, 1.82) is 0 Å². The Hall–Kier alpha value is -2.90. The van der Waals surface area contributed by atoms with Crippen LogP contribution in [0.5, 0.6) is 0 Å². The molecule has 2 N–H and O–H groups in total. The molecule has 2 aromatic rings.